The summed E-state index contributed by atoms with van der Waals surface area (Å²) in [5.74, 6) is -0.744. The van der Waals surface area contributed by atoms with E-state index < -0.39 is 30.3 Å². The molecule has 0 aromatic heterocycles. The van der Waals surface area contributed by atoms with Gasteiger partial charge < -0.3 is 10.4 Å². The van der Waals surface area contributed by atoms with Crippen molar-refractivity contribution >= 4 is 11.7 Å². The molecule has 27 heavy (non-hydrogen) atoms. The fourth-order valence-corrected chi connectivity index (χ4v) is 2.74. The first-order chi connectivity index (χ1) is 12.2. The van der Waals surface area contributed by atoms with Gasteiger partial charge in [-0.1, -0.05) is 51.6 Å². The number of alkyl halides is 3. The second-order valence-electron chi connectivity index (χ2n) is 5.36. The minimum Gasteiger partial charge on any atom is -0.363 e. The number of hydrogen-bond acceptors (Lipinski definition) is 2. The maximum Gasteiger partial charge on any atom is 0.406 e. The van der Waals surface area contributed by atoms with Crippen molar-refractivity contribution in [3.8, 4) is 0 Å². The number of amides is 2. The molecule has 0 saturated heterocycles. The van der Waals surface area contributed by atoms with Crippen LogP contribution in [-0.4, -0.2) is 28.8 Å². The number of halogens is 4. The lowest BCUT2D eigenvalue weighted by Crippen LogP contribution is -2.58. The molecule has 1 atom stereocenters. The molecular weight excluding hydrogens is 364 g/mol. The van der Waals surface area contributed by atoms with Crippen LogP contribution >= 0.6 is 0 Å². The van der Waals surface area contributed by atoms with Gasteiger partial charge in [-0.3, -0.25) is 4.90 Å². The third-order valence-corrected chi connectivity index (χ3v) is 3.75. The Hall–Kier alpha value is -2.61. The van der Waals surface area contributed by atoms with E-state index in [1.807, 2.05) is 13.8 Å². The van der Waals surface area contributed by atoms with Crippen LogP contribution in [0.3, 0.4) is 0 Å². The van der Waals surface area contributed by atoms with E-state index in [0.717, 1.165) is 12.1 Å². The largest absolute Gasteiger partial charge is 0.406 e. The highest BCUT2D eigenvalue weighted by molar-refractivity contribution is 5.94. The molecule has 1 heterocycles. The van der Waals surface area contributed by atoms with E-state index in [4.69, 9.17) is 0 Å². The van der Waals surface area contributed by atoms with Crippen LogP contribution in [0.25, 0.3) is 0 Å². The summed E-state index contributed by atoms with van der Waals surface area (Å²) in [5.41, 5.74) is -2.55. The molecule has 0 aliphatic carbocycles. The van der Waals surface area contributed by atoms with Crippen molar-refractivity contribution in [2.45, 2.75) is 33.2 Å². The van der Waals surface area contributed by atoms with Crippen LogP contribution in [0.1, 0.15) is 32.4 Å². The number of rotatable bonds is 2. The van der Waals surface area contributed by atoms with Crippen LogP contribution in [-0.2, 0) is 5.72 Å². The van der Waals surface area contributed by atoms with E-state index in [1.54, 1.807) is 6.07 Å². The van der Waals surface area contributed by atoms with E-state index in [2.05, 4.69) is 5.32 Å². The van der Waals surface area contributed by atoms with Gasteiger partial charge in [0.1, 0.15) is 12.4 Å². The molecule has 2 aromatic carbocycles. The maximum atomic E-state index is 13.7. The van der Waals surface area contributed by atoms with Gasteiger partial charge in [0, 0.05) is 11.1 Å². The molecule has 0 spiro atoms. The van der Waals surface area contributed by atoms with Crippen molar-refractivity contribution in [2.75, 3.05) is 11.9 Å². The number of aliphatic hydroxyl groups is 1. The highest BCUT2D eigenvalue weighted by atomic mass is 19.4. The average Bonchev–Trinajstić information content (AvgIpc) is 2.61. The molecule has 2 amide bonds. The van der Waals surface area contributed by atoms with Crippen molar-refractivity contribution in [1.29, 1.82) is 0 Å². The molecule has 1 unspecified atom stereocenters. The van der Waals surface area contributed by atoms with E-state index in [9.17, 15) is 27.5 Å². The predicted molar refractivity (Wildman–Crippen MR) is 95.7 cm³/mol. The Balaban J connectivity index is 0.00000118. The quantitative estimate of drug-likeness (QED) is 0.707. The fraction of sp³-hybridized carbons (Fsp3) is 0.316. The Labute approximate surface area is 155 Å². The Morgan fingerprint density at radius 3 is 2.26 bits per heavy atom. The number of urea groups is 1. The summed E-state index contributed by atoms with van der Waals surface area (Å²) >= 11 is 0. The van der Waals surface area contributed by atoms with E-state index >= 15 is 0 Å². The number of carbonyl (C=O) groups is 1. The van der Waals surface area contributed by atoms with Gasteiger partial charge in [0.25, 0.3) is 0 Å². The van der Waals surface area contributed by atoms with Gasteiger partial charge in [0.2, 0.25) is 0 Å². The molecule has 2 N–H and O–H groups in total. The number of anilines is 1. The minimum atomic E-state index is -4.75. The van der Waals surface area contributed by atoms with Crippen LogP contribution in [0.5, 0.6) is 0 Å². The number of benzene rings is 2. The van der Waals surface area contributed by atoms with Gasteiger partial charge in [-0.05, 0) is 18.2 Å². The Bertz CT molecular complexity index is 781. The number of fused-ring (bicyclic) bond motifs is 1. The van der Waals surface area contributed by atoms with Crippen LogP contribution < -0.4 is 5.32 Å². The first kappa shape index (κ1) is 22.4. The number of hydrogen-bond donors (Lipinski definition) is 2. The first-order valence-corrected chi connectivity index (χ1v) is 7.95. The van der Waals surface area contributed by atoms with E-state index in [1.165, 1.54) is 30.3 Å². The van der Waals surface area contributed by atoms with E-state index in [0.29, 0.717) is 0 Å². The summed E-state index contributed by atoms with van der Waals surface area (Å²) in [5, 5.41) is 13.4. The van der Waals surface area contributed by atoms with Crippen molar-refractivity contribution in [3.05, 3.63) is 65.5 Å². The third-order valence-electron chi connectivity index (χ3n) is 3.75. The lowest BCUT2D eigenvalue weighted by atomic mass is 9.89. The van der Waals surface area contributed by atoms with Crippen LogP contribution in [0.15, 0.2) is 48.5 Å². The monoisotopic (exact) mass is 386 g/mol. The summed E-state index contributed by atoms with van der Waals surface area (Å²) in [6.45, 7) is 2.31. The molecule has 148 valence electrons. The SMILES string of the molecule is C.CC.O=C1Nc2ccc(F)cc2C(O)(c2ccccc2)N1CC(F)(F)F. The molecule has 8 heteroatoms. The highest BCUT2D eigenvalue weighted by Crippen LogP contribution is 2.42. The summed E-state index contributed by atoms with van der Waals surface area (Å²) in [6.07, 6.45) is -4.75. The molecule has 1 aliphatic rings. The molecule has 0 bridgehead atoms. The van der Waals surface area contributed by atoms with E-state index in [-0.39, 0.29) is 29.1 Å². The second-order valence-corrected chi connectivity index (χ2v) is 5.36. The molecule has 4 nitrogen and oxygen atoms in total. The van der Waals surface area contributed by atoms with Gasteiger partial charge in [0.05, 0.1) is 5.69 Å². The number of carbonyl (C=O) groups excluding carboxylic acids is 1. The minimum absolute atomic E-state index is 0. The predicted octanol–water partition coefficient (Wildman–Crippen LogP) is 5.09. The Morgan fingerprint density at radius 1 is 1.11 bits per heavy atom. The molecule has 1 aliphatic heterocycles. The summed E-state index contributed by atoms with van der Waals surface area (Å²) in [7, 11) is 0. The molecule has 3 rings (SSSR count). The van der Waals surface area contributed by atoms with Crippen LogP contribution in [0.2, 0.25) is 0 Å². The Morgan fingerprint density at radius 2 is 1.70 bits per heavy atom. The molecule has 0 saturated carbocycles. The van der Waals surface area contributed by atoms with Crippen LogP contribution in [0, 0.1) is 5.82 Å². The highest BCUT2D eigenvalue weighted by Gasteiger charge is 2.50. The molecule has 0 fully saturated rings. The maximum absolute atomic E-state index is 13.7. The zero-order valence-corrected chi connectivity index (χ0v) is 14.1. The lowest BCUT2D eigenvalue weighted by Gasteiger charge is -2.44. The lowest BCUT2D eigenvalue weighted by molar-refractivity contribution is -0.172. The van der Waals surface area contributed by atoms with Gasteiger partial charge in [-0.15, -0.1) is 0 Å². The fourth-order valence-electron chi connectivity index (χ4n) is 2.74. The molecule has 0 radical (unpaired) electrons. The van der Waals surface area contributed by atoms with Crippen LogP contribution in [0.4, 0.5) is 28.0 Å². The van der Waals surface area contributed by atoms with Crippen molar-refractivity contribution in [1.82, 2.24) is 4.90 Å². The normalized spacial score (nSPS) is 18.5. The zero-order valence-electron chi connectivity index (χ0n) is 14.1. The average molecular weight is 386 g/mol. The summed E-state index contributed by atoms with van der Waals surface area (Å²) < 4.78 is 52.4. The second kappa shape index (κ2) is 8.39. The van der Waals surface area contributed by atoms with Crippen molar-refractivity contribution in [2.24, 2.45) is 0 Å². The Kier molecular flexibility index (Phi) is 6.97. The van der Waals surface area contributed by atoms with Gasteiger partial charge in [-0.2, -0.15) is 13.2 Å². The zero-order chi connectivity index (χ0) is 19.5. The smallest absolute Gasteiger partial charge is 0.363 e. The number of nitrogens with one attached hydrogen (secondary N) is 1. The first-order valence-electron chi connectivity index (χ1n) is 7.95. The van der Waals surface area contributed by atoms with Crippen molar-refractivity contribution < 1.29 is 27.5 Å². The van der Waals surface area contributed by atoms with Gasteiger partial charge >= 0.3 is 12.2 Å². The molecular formula is C19H22F4N2O2. The van der Waals surface area contributed by atoms with Gasteiger partial charge in [-0.25, -0.2) is 9.18 Å². The number of nitrogens with zero attached hydrogens (tertiary/aromatic N) is 1. The third kappa shape index (κ3) is 4.39. The topological polar surface area (TPSA) is 52.6 Å². The molecule has 2 aromatic rings. The standard InChI is InChI=1S/C16H12F4N2O2.C2H6.CH4/c17-11-6-7-13-12(8-11)16(24,10-4-2-1-3-5-10)22(14(23)21-13)9-15(18,19)20;1-2;/h1-8,24H,9H2,(H,21,23);1-2H3;1H4. The summed E-state index contributed by atoms with van der Waals surface area (Å²) in [6, 6.07) is 9.38. The van der Waals surface area contributed by atoms with Gasteiger partial charge in [0.15, 0.2) is 5.72 Å². The summed E-state index contributed by atoms with van der Waals surface area (Å²) in [4.78, 5) is 12.4. The van der Waals surface area contributed by atoms with Crippen molar-refractivity contribution in [3.63, 3.8) is 0 Å².